The van der Waals surface area contributed by atoms with Gasteiger partial charge in [0.05, 0.1) is 5.69 Å². The third-order valence-corrected chi connectivity index (χ3v) is 5.10. The molecule has 5 heteroatoms. The second-order valence-corrected chi connectivity index (χ2v) is 7.17. The molecule has 5 N–H and O–H groups in total. The highest BCUT2D eigenvalue weighted by molar-refractivity contribution is 6.06. The van der Waals surface area contributed by atoms with Gasteiger partial charge in [-0.2, -0.15) is 0 Å². The molecule has 3 aromatic rings. The Hall–Kier alpha value is -3.31. The molecule has 1 amide bonds. The number of carbonyl (C=O) groups is 1. The summed E-state index contributed by atoms with van der Waals surface area (Å²) in [6.07, 6.45) is 1.000. The molecule has 0 spiro atoms. The van der Waals surface area contributed by atoms with Gasteiger partial charge in [-0.3, -0.25) is 4.79 Å². The van der Waals surface area contributed by atoms with Crippen molar-refractivity contribution in [1.29, 1.82) is 0 Å². The van der Waals surface area contributed by atoms with Gasteiger partial charge in [0.25, 0.3) is 5.91 Å². The molecule has 0 bridgehead atoms. The largest absolute Gasteiger partial charge is 0.399 e. The van der Waals surface area contributed by atoms with Crippen LogP contribution in [0, 0.1) is 0 Å². The van der Waals surface area contributed by atoms with E-state index in [9.17, 15) is 4.79 Å². The fraction of sp³-hybridized carbons (Fsp3) is 0.174. The van der Waals surface area contributed by atoms with E-state index in [1.807, 2.05) is 66.7 Å². The van der Waals surface area contributed by atoms with E-state index in [4.69, 9.17) is 11.5 Å². The average Bonchev–Trinajstić information content (AvgIpc) is 3.15. The van der Waals surface area contributed by atoms with Crippen LogP contribution in [0.4, 0.5) is 17.1 Å². The summed E-state index contributed by atoms with van der Waals surface area (Å²) in [6, 6.07) is 23.4. The standard InChI is InChI=1S/C23H24N4O/c24-18-8-11-21(16-4-2-1-3-5-16)22(14-18)26-23(28)17-6-9-20(10-7-17)27-13-12-19(25)15-27/h1-11,14,19H,12-13,15,24-25H2,(H,26,28)/t19-/m0/s1. The Bertz CT molecular complexity index is 970. The minimum atomic E-state index is -0.160. The molecule has 0 saturated carbocycles. The van der Waals surface area contributed by atoms with Gasteiger partial charge < -0.3 is 21.7 Å². The van der Waals surface area contributed by atoms with E-state index in [1.165, 1.54) is 0 Å². The lowest BCUT2D eigenvalue weighted by Gasteiger charge is -2.18. The third kappa shape index (κ3) is 3.85. The molecule has 5 nitrogen and oxygen atoms in total. The topological polar surface area (TPSA) is 84.4 Å². The second-order valence-electron chi connectivity index (χ2n) is 7.17. The summed E-state index contributed by atoms with van der Waals surface area (Å²) in [5, 5.41) is 3.01. The molecule has 1 atom stereocenters. The molecule has 0 radical (unpaired) electrons. The van der Waals surface area contributed by atoms with Crippen molar-refractivity contribution in [1.82, 2.24) is 0 Å². The molecule has 0 aromatic heterocycles. The van der Waals surface area contributed by atoms with E-state index in [0.29, 0.717) is 16.9 Å². The number of amides is 1. The van der Waals surface area contributed by atoms with E-state index in [2.05, 4.69) is 10.2 Å². The van der Waals surface area contributed by atoms with Gasteiger partial charge in [-0.15, -0.1) is 0 Å². The maximum Gasteiger partial charge on any atom is 0.255 e. The number of nitrogens with one attached hydrogen (secondary N) is 1. The minimum absolute atomic E-state index is 0.160. The highest BCUT2D eigenvalue weighted by Gasteiger charge is 2.19. The predicted molar refractivity (Wildman–Crippen MR) is 115 cm³/mol. The third-order valence-electron chi connectivity index (χ3n) is 5.10. The van der Waals surface area contributed by atoms with E-state index in [-0.39, 0.29) is 11.9 Å². The van der Waals surface area contributed by atoms with Crippen molar-refractivity contribution in [3.63, 3.8) is 0 Å². The fourth-order valence-corrected chi connectivity index (χ4v) is 3.57. The summed E-state index contributed by atoms with van der Waals surface area (Å²) in [5.41, 5.74) is 16.9. The Labute approximate surface area is 165 Å². The van der Waals surface area contributed by atoms with Crippen molar-refractivity contribution in [3.8, 4) is 11.1 Å². The molecular formula is C23H24N4O. The van der Waals surface area contributed by atoms with E-state index < -0.39 is 0 Å². The molecule has 1 aliphatic heterocycles. The van der Waals surface area contributed by atoms with Gasteiger partial charge in [-0.05, 0) is 48.4 Å². The monoisotopic (exact) mass is 372 g/mol. The molecule has 1 saturated heterocycles. The van der Waals surface area contributed by atoms with Crippen LogP contribution in [-0.4, -0.2) is 25.0 Å². The van der Waals surface area contributed by atoms with Crippen LogP contribution >= 0.6 is 0 Å². The summed E-state index contributed by atoms with van der Waals surface area (Å²) in [6.45, 7) is 1.81. The van der Waals surface area contributed by atoms with Gasteiger partial charge in [0, 0.05) is 41.6 Å². The molecule has 4 rings (SSSR count). The number of benzene rings is 3. The molecule has 3 aromatic carbocycles. The van der Waals surface area contributed by atoms with Crippen LogP contribution in [0.1, 0.15) is 16.8 Å². The van der Waals surface area contributed by atoms with Crippen LogP contribution in [0.5, 0.6) is 0 Å². The Kier molecular flexibility index (Phi) is 5.00. The Morgan fingerprint density at radius 3 is 2.43 bits per heavy atom. The zero-order chi connectivity index (χ0) is 19.5. The van der Waals surface area contributed by atoms with Crippen LogP contribution in [0.25, 0.3) is 11.1 Å². The summed E-state index contributed by atoms with van der Waals surface area (Å²) in [5.74, 6) is -0.160. The summed E-state index contributed by atoms with van der Waals surface area (Å²) >= 11 is 0. The average molecular weight is 372 g/mol. The van der Waals surface area contributed by atoms with Gasteiger partial charge in [-0.25, -0.2) is 0 Å². The predicted octanol–water partition coefficient (Wildman–Crippen LogP) is 3.73. The molecule has 28 heavy (non-hydrogen) atoms. The number of carbonyl (C=O) groups excluding carboxylic acids is 1. The number of anilines is 3. The lowest BCUT2D eigenvalue weighted by Crippen LogP contribution is -2.26. The second kappa shape index (κ2) is 7.74. The lowest BCUT2D eigenvalue weighted by molar-refractivity contribution is 0.102. The van der Waals surface area contributed by atoms with Gasteiger partial charge in [-0.1, -0.05) is 36.4 Å². The molecular weight excluding hydrogens is 348 g/mol. The Morgan fingerprint density at radius 1 is 1.00 bits per heavy atom. The van der Waals surface area contributed by atoms with Crippen molar-refractivity contribution in [3.05, 3.63) is 78.4 Å². The number of nitrogens with zero attached hydrogens (tertiary/aromatic N) is 1. The SMILES string of the molecule is Nc1ccc(-c2ccccc2)c(NC(=O)c2ccc(N3CC[C@H](N)C3)cc2)c1. The number of hydrogen-bond donors (Lipinski definition) is 3. The minimum Gasteiger partial charge on any atom is -0.399 e. The van der Waals surface area contributed by atoms with Gasteiger partial charge in [0.2, 0.25) is 0 Å². The maximum atomic E-state index is 12.8. The normalized spacial score (nSPS) is 16.2. The van der Waals surface area contributed by atoms with Crippen molar-refractivity contribution in [2.75, 3.05) is 29.0 Å². The van der Waals surface area contributed by atoms with Crippen LogP contribution in [0.3, 0.4) is 0 Å². The maximum absolute atomic E-state index is 12.8. The van der Waals surface area contributed by atoms with Gasteiger partial charge in [0.15, 0.2) is 0 Å². The number of nitrogens with two attached hydrogens (primary N) is 2. The van der Waals surface area contributed by atoms with Gasteiger partial charge >= 0.3 is 0 Å². The summed E-state index contributed by atoms with van der Waals surface area (Å²) in [7, 11) is 0. The Morgan fingerprint density at radius 2 is 1.75 bits per heavy atom. The van der Waals surface area contributed by atoms with Gasteiger partial charge in [0.1, 0.15) is 0 Å². The van der Waals surface area contributed by atoms with Crippen LogP contribution in [-0.2, 0) is 0 Å². The summed E-state index contributed by atoms with van der Waals surface area (Å²) < 4.78 is 0. The first-order valence-corrected chi connectivity index (χ1v) is 9.47. The van der Waals surface area contributed by atoms with Crippen molar-refractivity contribution >= 4 is 23.0 Å². The molecule has 0 aliphatic carbocycles. The van der Waals surface area contributed by atoms with Crippen molar-refractivity contribution in [2.24, 2.45) is 5.73 Å². The first kappa shape index (κ1) is 18.1. The smallest absolute Gasteiger partial charge is 0.255 e. The number of hydrogen-bond acceptors (Lipinski definition) is 4. The first-order valence-electron chi connectivity index (χ1n) is 9.47. The molecule has 1 aliphatic rings. The quantitative estimate of drug-likeness (QED) is 0.609. The van der Waals surface area contributed by atoms with E-state index in [1.54, 1.807) is 6.07 Å². The first-order chi connectivity index (χ1) is 13.6. The summed E-state index contributed by atoms with van der Waals surface area (Å²) in [4.78, 5) is 15.1. The zero-order valence-corrected chi connectivity index (χ0v) is 15.6. The molecule has 142 valence electrons. The highest BCUT2D eigenvalue weighted by atomic mass is 16.1. The van der Waals surface area contributed by atoms with Crippen LogP contribution in [0.15, 0.2) is 72.8 Å². The fourth-order valence-electron chi connectivity index (χ4n) is 3.57. The van der Waals surface area contributed by atoms with Crippen molar-refractivity contribution in [2.45, 2.75) is 12.5 Å². The van der Waals surface area contributed by atoms with Crippen molar-refractivity contribution < 1.29 is 4.79 Å². The number of nitrogen functional groups attached to an aromatic ring is 1. The zero-order valence-electron chi connectivity index (χ0n) is 15.6. The lowest BCUT2D eigenvalue weighted by atomic mass is 10.0. The number of rotatable bonds is 4. The van der Waals surface area contributed by atoms with Crippen LogP contribution < -0.4 is 21.7 Å². The molecule has 0 unspecified atom stereocenters. The molecule has 1 heterocycles. The van der Waals surface area contributed by atoms with Crippen LogP contribution in [0.2, 0.25) is 0 Å². The van der Waals surface area contributed by atoms with E-state index >= 15 is 0 Å². The Balaban J connectivity index is 1.55. The molecule has 1 fully saturated rings. The van der Waals surface area contributed by atoms with E-state index in [0.717, 1.165) is 36.3 Å². The highest BCUT2D eigenvalue weighted by Crippen LogP contribution is 2.30.